The second kappa shape index (κ2) is 5.53. The lowest BCUT2D eigenvalue weighted by Crippen LogP contribution is -2.44. The SMILES string of the molecule is CC1CCC(CN)CN1c1cc(=O)n(C)c2ccccc12. The van der Waals surface area contributed by atoms with Crippen LogP contribution in [-0.4, -0.2) is 23.7 Å². The number of piperidine rings is 1. The molecule has 0 amide bonds. The van der Waals surface area contributed by atoms with Crippen LogP contribution in [0.15, 0.2) is 35.1 Å². The van der Waals surface area contributed by atoms with E-state index in [1.807, 2.05) is 25.2 Å². The number of rotatable bonds is 2. The first-order valence-electron chi connectivity index (χ1n) is 7.67. The number of nitrogens with two attached hydrogens (primary N) is 1. The Bertz CT molecular complexity index is 707. The number of benzene rings is 1. The van der Waals surface area contributed by atoms with E-state index in [0.29, 0.717) is 18.5 Å². The highest BCUT2D eigenvalue weighted by Gasteiger charge is 2.26. The molecule has 1 aromatic carbocycles. The van der Waals surface area contributed by atoms with E-state index in [2.05, 4.69) is 17.9 Å². The van der Waals surface area contributed by atoms with E-state index in [1.165, 1.54) is 6.42 Å². The highest BCUT2D eigenvalue weighted by atomic mass is 16.1. The van der Waals surface area contributed by atoms with E-state index in [-0.39, 0.29) is 5.56 Å². The van der Waals surface area contributed by atoms with Crippen LogP contribution in [0.1, 0.15) is 19.8 Å². The number of hydrogen-bond donors (Lipinski definition) is 1. The molecule has 4 heteroatoms. The Morgan fingerprint density at radius 2 is 2.05 bits per heavy atom. The van der Waals surface area contributed by atoms with Gasteiger partial charge < -0.3 is 15.2 Å². The Morgan fingerprint density at radius 1 is 1.29 bits per heavy atom. The summed E-state index contributed by atoms with van der Waals surface area (Å²) >= 11 is 0. The van der Waals surface area contributed by atoms with E-state index in [9.17, 15) is 4.79 Å². The lowest BCUT2D eigenvalue weighted by atomic mass is 9.92. The summed E-state index contributed by atoms with van der Waals surface area (Å²) in [4.78, 5) is 14.6. The van der Waals surface area contributed by atoms with Gasteiger partial charge in [0.15, 0.2) is 0 Å². The number of anilines is 1. The number of aromatic nitrogens is 1. The Balaban J connectivity index is 2.15. The van der Waals surface area contributed by atoms with Crippen molar-refractivity contribution in [2.75, 3.05) is 18.0 Å². The number of fused-ring (bicyclic) bond motifs is 1. The molecule has 0 saturated carbocycles. The molecule has 0 radical (unpaired) electrons. The van der Waals surface area contributed by atoms with Crippen LogP contribution in [0.4, 0.5) is 5.69 Å². The van der Waals surface area contributed by atoms with Gasteiger partial charge in [-0.2, -0.15) is 0 Å². The van der Waals surface area contributed by atoms with Crippen LogP contribution in [0.3, 0.4) is 0 Å². The van der Waals surface area contributed by atoms with E-state index in [0.717, 1.165) is 29.6 Å². The minimum atomic E-state index is 0.0470. The van der Waals surface area contributed by atoms with Gasteiger partial charge in [0.25, 0.3) is 5.56 Å². The molecule has 0 bridgehead atoms. The number of aryl methyl sites for hydroxylation is 1. The second-order valence-corrected chi connectivity index (χ2v) is 6.12. The van der Waals surface area contributed by atoms with Crippen LogP contribution < -0.4 is 16.2 Å². The summed E-state index contributed by atoms with van der Waals surface area (Å²) in [5.41, 5.74) is 7.95. The Labute approximate surface area is 125 Å². The van der Waals surface area contributed by atoms with Gasteiger partial charge in [0.2, 0.25) is 0 Å². The fraction of sp³-hybridized carbons (Fsp3) is 0.471. The molecule has 1 saturated heterocycles. The van der Waals surface area contributed by atoms with Crippen molar-refractivity contribution in [2.24, 2.45) is 18.7 Å². The minimum Gasteiger partial charge on any atom is -0.368 e. The topological polar surface area (TPSA) is 51.3 Å². The van der Waals surface area contributed by atoms with E-state index >= 15 is 0 Å². The number of nitrogens with zero attached hydrogens (tertiary/aromatic N) is 2. The van der Waals surface area contributed by atoms with Gasteiger partial charge in [-0.1, -0.05) is 18.2 Å². The maximum Gasteiger partial charge on any atom is 0.252 e. The molecule has 0 aliphatic carbocycles. The average Bonchev–Trinajstić information content (AvgIpc) is 2.52. The third-order valence-corrected chi connectivity index (χ3v) is 4.75. The molecule has 1 aliphatic rings. The van der Waals surface area contributed by atoms with Crippen LogP contribution >= 0.6 is 0 Å². The summed E-state index contributed by atoms with van der Waals surface area (Å²) in [7, 11) is 1.83. The molecule has 1 aromatic heterocycles. The van der Waals surface area contributed by atoms with Gasteiger partial charge in [-0.3, -0.25) is 4.79 Å². The van der Waals surface area contributed by atoms with Gasteiger partial charge in [-0.25, -0.2) is 0 Å². The van der Waals surface area contributed by atoms with Crippen LogP contribution in [-0.2, 0) is 7.05 Å². The zero-order valence-corrected chi connectivity index (χ0v) is 12.7. The standard InChI is InChI=1S/C17H23N3O/c1-12-7-8-13(10-18)11-20(12)16-9-17(21)19(2)15-6-4-3-5-14(15)16/h3-6,9,12-13H,7-8,10-11,18H2,1-2H3. The third kappa shape index (κ3) is 2.44. The van der Waals surface area contributed by atoms with Crippen molar-refractivity contribution in [1.82, 2.24) is 4.57 Å². The minimum absolute atomic E-state index is 0.0470. The summed E-state index contributed by atoms with van der Waals surface area (Å²) in [5, 5.41) is 1.14. The quantitative estimate of drug-likeness (QED) is 0.919. The third-order valence-electron chi connectivity index (χ3n) is 4.75. The van der Waals surface area contributed by atoms with Crippen molar-refractivity contribution in [2.45, 2.75) is 25.8 Å². The molecule has 4 nitrogen and oxygen atoms in total. The molecule has 1 fully saturated rings. The van der Waals surface area contributed by atoms with E-state index in [4.69, 9.17) is 5.73 Å². The second-order valence-electron chi connectivity index (χ2n) is 6.12. The predicted octanol–water partition coefficient (Wildman–Crippen LogP) is 2.10. The molecule has 2 unspecified atom stereocenters. The molecule has 2 heterocycles. The van der Waals surface area contributed by atoms with E-state index < -0.39 is 0 Å². The zero-order valence-electron chi connectivity index (χ0n) is 12.7. The predicted molar refractivity (Wildman–Crippen MR) is 87.8 cm³/mol. The molecule has 0 spiro atoms. The lowest BCUT2D eigenvalue weighted by molar-refractivity contribution is 0.374. The number of para-hydroxylation sites is 1. The summed E-state index contributed by atoms with van der Waals surface area (Å²) in [6.45, 7) is 3.89. The molecule has 1 aliphatic heterocycles. The normalized spacial score (nSPS) is 22.7. The van der Waals surface area contributed by atoms with Crippen LogP contribution in [0.25, 0.3) is 10.9 Å². The van der Waals surface area contributed by atoms with Crippen LogP contribution in [0, 0.1) is 5.92 Å². The highest BCUT2D eigenvalue weighted by Crippen LogP contribution is 2.31. The lowest BCUT2D eigenvalue weighted by Gasteiger charge is -2.40. The largest absolute Gasteiger partial charge is 0.368 e. The molecule has 2 N–H and O–H groups in total. The molecule has 21 heavy (non-hydrogen) atoms. The fourth-order valence-electron chi connectivity index (χ4n) is 3.34. The summed E-state index contributed by atoms with van der Waals surface area (Å²) < 4.78 is 1.72. The smallest absolute Gasteiger partial charge is 0.252 e. The Kier molecular flexibility index (Phi) is 3.72. The van der Waals surface area contributed by atoms with Gasteiger partial charge in [0.05, 0.1) is 11.2 Å². The van der Waals surface area contributed by atoms with Crippen molar-refractivity contribution >= 4 is 16.6 Å². The molecule has 112 valence electrons. The summed E-state index contributed by atoms with van der Waals surface area (Å²) in [6.07, 6.45) is 2.31. The first kappa shape index (κ1) is 14.1. The molecule has 2 atom stereocenters. The molecular weight excluding hydrogens is 262 g/mol. The average molecular weight is 285 g/mol. The Hall–Kier alpha value is -1.81. The van der Waals surface area contributed by atoms with Gasteiger partial charge >= 0.3 is 0 Å². The number of pyridine rings is 1. The number of hydrogen-bond acceptors (Lipinski definition) is 3. The fourth-order valence-corrected chi connectivity index (χ4v) is 3.34. The maximum absolute atomic E-state index is 12.3. The monoisotopic (exact) mass is 285 g/mol. The molecule has 3 rings (SSSR count). The zero-order chi connectivity index (χ0) is 15.0. The summed E-state index contributed by atoms with van der Waals surface area (Å²) in [6, 6.07) is 10.3. The van der Waals surface area contributed by atoms with Gasteiger partial charge in [-0.15, -0.1) is 0 Å². The van der Waals surface area contributed by atoms with E-state index in [1.54, 1.807) is 10.6 Å². The maximum atomic E-state index is 12.3. The molecular formula is C17H23N3O. The van der Waals surface area contributed by atoms with Crippen molar-refractivity contribution in [3.63, 3.8) is 0 Å². The first-order chi connectivity index (χ1) is 10.1. The Morgan fingerprint density at radius 3 is 2.81 bits per heavy atom. The first-order valence-corrected chi connectivity index (χ1v) is 7.67. The van der Waals surface area contributed by atoms with Gasteiger partial charge in [-0.05, 0) is 38.3 Å². The van der Waals surface area contributed by atoms with Crippen molar-refractivity contribution in [3.05, 3.63) is 40.7 Å². The summed E-state index contributed by atoms with van der Waals surface area (Å²) in [5.74, 6) is 0.518. The van der Waals surface area contributed by atoms with Gasteiger partial charge in [0.1, 0.15) is 0 Å². The van der Waals surface area contributed by atoms with Crippen LogP contribution in [0.5, 0.6) is 0 Å². The van der Waals surface area contributed by atoms with Gasteiger partial charge in [0, 0.05) is 31.1 Å². The van der Waals surface area contributed by atoms with Crippen LogP contribution in [0.2, 0.25) is 0 Å². The van der Waals surface area contributed by atoms with Crippen molar-refractivity contribution in [1.29, 1.82) is 0 Å². The highest BCUT2D eigenvalue weighted by molar-refractivity contribution is 5.92. The molecule has 2 aromatic rings. The van der Waals surface area contributed by atoms with Crippen molar-refractivity contribution in [3.8, 4) is 0 Å². The van der Waals surface area contributed by atoms with Crippen molar-refractivity contribution < 1.29 is 0 Å².